The van der Waals surface area contributed by atoms with E-state index in [4.69, 9.17) is 5.11 Å². The van der Waals surface area contributed by atoms with E-state index in [2.05, 4.69) is 4.98 Å². The van der Waals surface area contributed by atoms with Gasteiger partial charge in [0.25, 0.3) is 6.43 Å². The summed E-state index contributed by atoms with van der Waals surface area (Å²) in [5.41, 5.74) is 0.117. The zero-order valence-corrected chi connectivity index (χ0v) is 9.03. The van der Waals surface area contributed by atoms with Crippen molar-refractivity contribution in [1.29, 1.82) is 0 Å². The van der Waals surface area contributed by atoms with Crippen LogP contribution in [0.1, 0.15) is 17.7 Å². The Morgan fingerprint density at radius 3 is 2.71 bits per heavy atom. The summed E-state index contributed by atoms with van der Waals surface area (Å²) in [4.78, 5) is 13.8. The lowest BCUT2D eigenvalue weighted by Gasteiger charge is -2.03. The topological polar surface area (TPSA) is 50.2 Å². The van der Waals surface area contributed by atoms with Gasteiger partial charge in [-0.05, 0) is 34.2 Å². The van der Waals surface area contributed by atoms with E-state index in [1.54, 1.807) is 22.6 Å². The number of pyridine rings is 1. The zero-order chi connectivity index (χ0) is 10.7. The molecule has 0 aliphatic heterocycles. The second kappa shape index (κ2) is 4.63. The van der Waals surface area contributed by atoms with Crippen molar-refractivity contribution in [2.75, 3.05) is 0 Å². The molecule has 0 atom stereocenters. The molecule has 0 saturated carbocycles. The van der Waals surface area contributed by atoms with E-state index in [1.807, 2.05) is 0 Å². The van der Waals surface area contributed by atoms with E-state index in [-0.39, 0.29) is 15.7 Å². The standard InChI is InChI=1S/C8H6F2INO2/c9-8(10)7-5(11)1-4(3-12-7)2-6(13)14/h1,3,8H,2H2,(H,13,14). The van der Waals surface area contributed by atoms with Crippen LogP contribution in [0.2, 0.25) is 0 Å². The minimum atomic E-state index is -2.62. The molecule has 0 saturated heterocycles. The quantitative estimate of drug-likeness (QED) is 0.871. The number of hydrogen-bond donors (Lipinski definition) is 1. The molecule has 0 unspecified atom stereocenters. The summed E-state index contributed by atoms with van der Waals surface area (Å²) in [6.07, 6.45) is -1.66. The number of alkyl halides is 2. The van der Waals surface area contributed by atoms with E-state index in [1.165, 1.54) is 6.07 Å². The van der Waals surface area contributed by atoms with Gasteiger partial charge >= 0.3 is 5.97 Å². The molecule has 6 heteroatoms. The molecule has 0 bridgehead atoms. The number of aliphatic carboxylic acids is 1. The summed E-state index contributed by atoms with van der Waals surface area (Å²) in [6.45, 7) is 0. The van der Waals surface area contributed by atoms with Gasteiger partial charge in [0.1, 0.15) is 5.69 Å². The van der Waals surface area contributed by atoms with Gasteiger partial charge < -0.3 is 5.11 Å². The number of aromatic nitrogens is 1. The highest BCUT2D eigenvalue weighted by Crippen LogP contribution is 2.22. The number of carboxylic acid groups (broad SMARTS) is 1. The smallest absolute Gasteiger partial charge is 0.307 e. The second-order valence-corrected chi connectivity index (χ2v) is 3.74. The Kier molecular flexibility index (Phi) is 3.73. The van der Waals surface area contributed by atoms with E-state index >= 15 is 0 Å². The molecule has 0 amide bonds. The van der Waals surface area contributed by atoms with E-state index in [0.717, 1.165) is 6.20 Å². The fourth-order valence-corrected chi connectivity index (χ4v) is 1.69. The number of carboxylic acids is 1. The average molecular weight is 313 g/mol. The third kappa shape index (κ3) is 2.86. The molecule has 3 nitrogen and oxygen atoms in total. The van der Waals surface area contributed by atoms with Gasteiger partial charge in [0.2, 0.25) is 0 Å². The lowest BCUT2D eigenvalue weighted by molar-refractivity contribution is -0.136. The fraction of sp³-hybridized carbons (Fsp3) is 0.250. The first-order chi connectivity index (χ1) is 6.50. The summed E-state index contributed by atoms with van der Waals surface area (Å²) in [7, 11) is 0. The first-order valence-electron chi connectivity index (χ1n) is 3.65. The molecule has 0 spiro atoms. The molecule has 0 radical (unpaired) electrons. The molecule has 76 valence electrons. The number of halogens is 3. The highest BCUT2D eigenvalue weighted by molar-refractivity contribution is 14.1. The Bertz CT molecular complexity index is 357. The monoisotopic (exact) mass is 313 g/mol. The van der Waals surface area contributed by atoms with Crippen molar-refractivity contribution in [1.82, 2.24) is 4.98 Å². The maximum Gasteiger partial charge on any atom is 0.307 e. The minimum Gasteiger partial charge on any atom is -0.481 e. The van der Waals surface area contributed by atoms with Gasteiger partial charge in [0.15, 0.2) is 0 Å². The first kappa shape index (κ1) is 11.3. The lowest BCUT2D eigenvalue weighted by Crippen LogP contribution is -2.03. The molecule has 1 rings (SSSR count). The Morgan fingerprint density at radius 1 is 1.64 bits per heavy atom. The van der Waals surface area contributed by atoms with Crippen LogP contribution in [0, 0.1) is 3.57 Å². The Balaban J connectivity index is 2.94. The number of hydrogen-bond acceptors (Lipinski definition) is 2. The molecular formula is C8H6F2INO2. The van der Waals surface area contributed by atoms with Crippen LogP contribution in [0.3, 0.4) is 0 Å². The van der Waals surface area contributed by atoms with Crippen molar-refractivity contribution in [3.63, 3.8) is 0 Å². The zero-order valence-electron chi connectivity index (χ0n) is 6.88. The van der Waals surface area contributed by atoms with Crippen LogP contribution >= 0.6 is 22.6 Å². The Morgan fingerprint density at radius 2 is 2.29 bits per heavy atom. The van der Waals surface area contributed by atoms with Crippen molar-refractivity contribution >= 4 is 28.6 Å². The SMILES string of the molecule is O=C(O)Cc1cnc(C(F)F)c(I)c1. The first-order valence-corrected chi connectivity index (χ1v) is 4.73. The summed E-state index contributed by atoms with van der Waals surface area (Å²) >= 11 is 1.71. The van der Waals surface area contributed by atoms with Crippen molar-refractivity contribution in [2.45, 2.75) is 12.8 Å². The predicted molar refractivity (Wildman–Crippen MR) is 53.3 cm³/mol. The molecule has 14 heavy (non-hydrogen) atoms. The van der Waals surface area contributed by atoms with Gasteiger partial charge in [0, 0.05) is 9.77 Å². The van der Waals surface area contributed by atoms with Crippen LogP contribution in [0.4, 0.5) is 8.78 Å². The Hall–Kier alpha value is -0.790. The van der Waals surface area contributed by atoms with E-state index < -0.39 is 12.4 Å². The largest absolute Gasteiger partial charge is 0.481 e. The molecule has 0 aromatic carbocycles. The van der Waals surface area contributed by atoms with Crippen molar-refractivity contribution in [3.8, 4) is 0 Å². The van der Waals surface area contributed by atoms with E-state index in [9.17, 15) is 13.6 Å². The van der Waals surface area contributed by atoms with Crippen LogP contribution in [0.25, 0.3) is 0 Å². The predicted octanol–water partition coefficient (Wildman–Crippen LogP) is 2.25. The van der Waals surface area contributed by atoms with E-state index in [0.29, 0.717) is 5.56 Å². The number of carbonyl (C=O) groups is 1. The van der Waals surface area contributed by atoms with Crippen molar-refractivity contribution in [3.05, 3.63) is 27.1 Å². The van der Waals surface area contributed by atoms with Crippen LogP contribution in [0.15, 0.2) is 12.3 Å². The third-order valence-corrected chi connectivity index (χ3v) is 2.35. The summed E-state index contributed by atoms with van der Waals surface area (Å²) < 4.78 is 24.8. The maximum atomic E-state index is 12.2. The lowest BCUT2D eigenvalue weighted by atomic mass is 10.2. The highest BCUT2D eigenvalue weighted by Gasteiger charge is 2.14. The fourth-order valence-electron chi connectivity index (χ4n) is 0.920. The highest BCUT2D eigenvalue weighted by atomic mass is 127. The number of nitrogens with zero attached hydrogens (tertiary/aromatic N) is 1. The molecule has 0 fully saturated rings. The van der Waals surface area contributed by atoms with Gasteiger partial charge in [-0.3, -0.25) is 9.78 Å². The van der Waals surface area contributed by atoms with Gasteiger partial charge in [-0.1, -0.05) is 0 Å². The molecular weight excluding hydrogens is 307 g/mol. The van der Waals surface area contributed by atoms with Crippen LogP contribution in [0.5, 0.6) is 0 Å². The van der Waals surface area contributed by atoms with Gasteiger partial charge in [-0.15, -0.1) is 0 Å². The number of rotatable bonds is 3. The molecule has 1 N–H and O–H groups in total. The second-order valence-electron chi connectivity index (χ2n) is 2.58. The van der Waals surface area contributed by atoms with Gasteiger partial charge in [0.05, 0.1) is 6.42 Å². The van der Waals surface area contributed by atoms with Gasteiger partial charge in [-0.2, -0.15) is 0 Å². The minimum absolute atomic E-state index is 0.202. The molecule has 1 aromatic heterocycles. The summed E-state index contributed by atoms with van der Waals surface area (Å²) in [5, 5.41) is 8.46. The van der Waals surface area contributed by atoms with Crippen LogP contribution < -0.4 is 0 Å². The van der Waals surface area contributed by atoms with Crippen molar-refractivity contribution < 1.29 is 18.7 Å². The maximum absolute atomic E-state index is 12.2. The summed E-state index contributed by atoms with van der Waals surface area (Å²) in [6, 6.07) is 1.41. The molecule has 1 aromatic rings. The molecule has 0 aliphatic carbocycles. The van der Waals surface area contributed by atoms with Crippen LogP contribution in [-0.2, 0) is 11.2 Å². The summed E-state index contributed by atoms with van der Waals surface area (Å²) in [5.74, 6) is -1.01. The average Bonchev–Trinajstić information content (AvgIpc) is 2.01. The normalized spacial score (nSPS) is 10.6. The molecule has 1 heterocycles. The molecule has 0 aliphatic rings. The van der Waals surface area contributed by atoms with Gasteiger partial charge in [-0.25, -0.2) is 8.78 Å². The third-order valence-electron chi connectivity index (χ3n) is 1.49. The van der Waals surface area contributed by atoms with Crippen molar-refractivity contribution in [2.24, 2.45) is 0 Å². The Labute approximate surface area is 92.3 Å². The van der Waals surface area contributed by atoms with Crippen LogP contribution in [-0.4, -0.2) is 16.1 Å².